The Morgan fingerprint density at radius 2 is 1.80 bits per heavy atom. The lowest BCUT2D eigenvalue weighted by Gasteiger charge is -2.26. The number of hydrogen-bond acceptors (Lipinski definition) is 3. The minimum Gasteiger partial charge on any atom is -0.351 e. The topological polar surface area (TPSA) is 75.3 Å². The Kier molecular flexibility index (Phi) is 5.47. The Morgan fingerprint density at radius 1 is 1.12 bits per heavy atom. The summed E-state index contributed by atoms with van der Waals surface area (Å²) in [7, 11) is -3.42. The van der Waals surface area contributed by atoms with Gasteiger partial charge in [-0.3, -0.25) is 9.52 Å². The number of anilines is 1. The van der Waals surface area contributed by atoms with E-state index in [2.05, 4.69) is 10.0 Å². The van der Waals surface area contributed by atoms with Gasteiger partial charge in [0.25, 0.3) is 5.91 Å². The highest BCUT2D eigenvalue weighted by Gasteiger charge is 2.24. The number of halogens is 1. The summed E-state index contributed by atoms with van der Waals surface area (Å²) in [5.74, 6) is -0.678. The molecule has 5 nitrogen and oxygen atoms in total. The van der Waals surface area contributed by atoms with E-state index in [1.165, 1.54) is 12.1 Å². The van der Waals surface area contributed by atoms with Crippen LogP contribution in [0.4, 0.5) is 10.1 Å². The molecule has 0 atom stereocenters. The third-order valence-corrected chi connectivity index (χ3v) is 4.33. The molecule has 2 N–H and O–H groups in total. The van der Waals surface area contributed by atoms with Gasteiger partial charge in [0.1, 0.15) is 5.82 Å². The standard InChI is InChI=1S/C18H21FN2O3S/c1-18(2,15-9-4-5-10-16(15)19)12-20-17(22)13-7-6-8-14(11-13)21-25(3,23)24/h4-11,21H,12H2,1-3H3,(H,20,22). The maximum absolute atomic E-state index is 14.0. The van der Waals surface area contributed by atoms with E-state index in [1.807, 2.05) is 13.8 Å². The molecule has 7 heteroatoms. The summed E-state index contributed by atoms with van der Waals surface area (Å²) in [5.41, 5.74) is 0.549. The molecule has 2 aromatic rings. The number of rotatable bonds is 6. The van der Waals surface area contributed by atoms with E-state index < -0.39 is 15.4 Å². The van der Waals surface area contributed by atoms with E-state index in [0.29, 0.717) is 16.8 Å². The van der Waals surface area contributed by atoms with Gasteiger partial charge in [0.15, 0.2) is 0 Å². The molecule has 0 aliphatic carbocycles. The number of sulfonamides is 1. The molecule has 1 amide bonds. The summed E-state index contributed by atoms with van der Waals surface area (Å²) in [6, 6.07) is 12.6. The number of carbonyl (C=O) groups excluding carboxylic acids is 1. The van der Waals surface area contributed by atoms with Crippen LogP contribution in [0.15, 0.2) is 48.5 Å². The number of amides is 1. The third-order valence-electron chi connectivity index (χ3n) is 3.72. The van der Waals surface area contributed by atoms with Crippen molar-refractivity contribution in [2.75, 3.05) is 17.5 Å². The van der Waals surface area contributed by atoms with Gasteiger partial charge in [0.2, 0.25) is 10.0 Å². The van der Waals surface area contributed by atoms with E-state index >= 15 is 0 Å². The van der Waals surface area contributed by atoms with E-state index in [0.717, 1.165) is 6.26 Å². The molecule has 0 saturated heterocycles. The molecule has 0 spiro atoms. The predicted octanol–water partition coefficient (Wildman–Crippen LogP) is 2.90. The largest absolute Gasteiger partial charge is 0.351 e. The molecule has 0 saturated carbocycles. The van der Waals surface area contributed by atoms with Crippen molar-refractivity contribution in [2.24, 2.45) is 0 Å². The average molecular weight is 364 g/mol. The summed E-state index contributed by atoms with van der Waals surface area (Å²) in [6.45, 7) is 3.91. The van der Waals surface area contributed by atoms with Crippen LogP contribution < -0.4 is 10.0 Å². The smallest absolute Gasteiger partial charge is 0.251 e. The van der Waals surface area contributed by atoms with Gasteiger partial charge < -0.3 is 5.32 Å². The monoisotopic (exact) mass is 364 g/mol. The molecule has 0 bridgehead atoms. The first kappa shape index (κ1) is 18.9. The van der Waals surface area contributed by atoms with E-state index in [9.17, 15) is 17.6 Å². The molecule has 0 unspecified atom stereocenters. The highest BCUT2D eigenvalue weighted by molar-refractivity contribution is 7.92. The zero-order chi connectivity index (χ0) is 18.7. The van der Waals surface area contributed by atoms with Crippen LogP contribution in [0.5, 0.6) is 0 Å². The van der Waals surface area contributed by atoms with Crippen LogP contribution in [0.25, 0.3) is 0 Å². The van der Waals surface area contributed by atoms with Crippen LogP contribution in [-0.2, 0) is 15.4 Å². The molecular formula is C18H21FN2O3S. The van der Waals surface area contributed by atoms with Crippen LogP contribution in [0.2, 0.25) is 0 Å². The Morgan fingerprint density at radius 3 is 2.44 bits per heavy atom. The van der Waals surface area contributed by atoms with Gasteiger partial charge >= 0.3 is 0 Å². The number of carbonyl (C=O) groups is 1. The Labute approximate surface area is 147 Å². The molecule has 2 aromatic carbocycles. The Bertz CT molecular complexity index is 879. The SMILES string of the molecule is CC(C)(CNC(=O)c1cccc(NS(C)(=O)=O)c1)c1ccccc1F. The lowest BCUT2D eigenvalue weighted by molar-refractivity contribution is 0.0945. The van der Waals surface area contributed by atoms with E-state index in [1.54, 1.807) is 36.4 Å². The highest BCUT2D eigenvalue weighted by atomic mass is 32.2. The molecule has 2 rings (SSSR count). The van der Waals surface area contributed by atoms with Crippen molar-refractivity contribution in [1.29, 1.82) is 0 Å². The van der Waals surface area contributed by atoms with Crippen LogP contribution in [0, 0.1) is 5.82 Å². The van der Waals surface area contributed by atoms with E-state index in [-0.39, 0.29) is 18.3 Å². The zero-order valence-corrected chi connectivity index (χ0v) is 15.2. The molecule has 0 heterocycles. The molecule has 0 fully saturated rings. The lowest BCUT2D eigenvalue weighted by Crippen LogP contribution is -2.37. The molecule has 0 aliphatic rings. The Hall–Kier alpha value is -2.41. The van der Waals surface area contributed by atoms with Crippen LogP contribution in [-0.4, -0.2) is 27.1 Å². The maximum atomic E-state index is 14.0. The van der Waals surface area contributed by atoms with Gasteiger partial charge in [-0.15, -0.1) is 0 Å². The fraction of sp³-hybridized carbons (Fsp3) is 0.278. The fourth-order valence-electron chi connectivity index (χ4n) is 2.45. The molecular weight excluding hydrogens is 343 g/mol. The summed E-state index contributed by atoms with van der Waals surface area (Å²) in [4.78, 5) is 12.3. The first-order chi connectivity index (χ1) is 11.6. The zero-order valence-electron chi connectivity index (χ0n) is 14.3. The van der Waals surface area contributed by atoms with Crippen molar-refractivity contribution in [3.05, 3.63) is 65.5 Å². The third kappa shape index (κ3) is 5.29. The molecule has 25 heavy (non-hydrogen) atoms. The van der Waals surface area contributed by atoms with Crippen molar-refractivity contribution in [1.82, 2.24) is 5.32 Å². The van der Waals surface area contributed by atoms with Crippen molar-refractivity contribution < 1.29 is 17.6 Å². The Balaban J connectivity index is 2.10. The second-order valence-corrected chi connectivity index (χ2v) is 8.25. The molecule has 0 aromatic heterocycles. The van der Waals surface area contributed by atoms with Crippen LogP contribution >= 0.6 is 0 Å². The van der Waals surface area contributed by atoms with Crippen molar-refractivity contribution in [3.8, 4) is 0 Å². The fourth-order valence-corrected chi connectivity index (χ4v) is 3.00. The first-order valence-electron chi connectivity index (χ1n) is 7.69. The van der Waals surface area contributed by atoms with Crippen LogP contribution in [0.3, 0.4) is 0 Å². The van der Waals surface area contributed by atoms with Crippen molar-refractivity contribution in [3.63, 3.8) is 0 Å². The van der Waals surface area contributed by atoms with Gasteiger partial charge in [-0.2, -0.15) is 0 Å². The van der Waals surface area contributed by atoms with Gasteiger partial charge in [-0.1, -0.05) is 38.1 Å². The minimum absolute atomic E-state index is 0.233. The predicted molar refractivity (Wildman–Crippen MR) is 96.7 cm³/mol. The van der Waals surface area contributed by atoms with Crippen LogP contribution in [0.1, 0.15) is 29.8 Å². The summed E-state index contributed by atoms with van der Waals surface area (Å²) >= 11 is 0. The number of hydrogen-bond donors (Lipinski definition) is 2. The summed E-state index contributed by atoms with van der Waals surface area (Å²) < 4.78 is 38.9. The molecule has 134 valence electrons. The lowest BCUT2D eigenvalue weighted by atomic mass is 9.84. The summed E-state index contributed by atoms with van der Waals surface area (Å²) in [6.07, 6.45) is 1.04. The van der Waals surface area contributed by atoms with Gasteiger partial charge in [-0.05, 0) is 29.8 Å². The van der Waals surface area contributed by atoms with Gasteiger partial charge in [0.05, 0.1) is 6.26 Å². The van der Waals surface area contributed by atoms with Gasteiger partial charge in [-0.25, -0.2) is 12.8 Å². The normalized spacial score (nSPS) is 11.8. The molecule has 0 radical (unpaired) electrons. The van der Waals surface area contributed by atoms with E-state index in [4.69, 9.17) is 0 Å². The number of benzene rings is 2. The average Bonchev–Trinajstić information content (AvgIpc) is 2.51. The maximum Gasteiger partial charge on any atom is 0.251 e. The van der Waals surface area contributed by atoms with Crippen molar-refractivity contribution >= 4 is 21.6 Å². The molecule has 0 aliphatic heterocycles. The highest BCUT2D eigenvalue weighted by Crippen LogP contribution is 2.25. The quantitative estimate of drug-likeness (QED) is 0.828. The minimum atomic E-state index is -3.42. The van der Waals surface area contributed by atoms with Crippen molar-refractivity contribution in [2.45, 2.75) is 19.3 Å². The summed E-state index contributed by atoms with van der Waals surface area (Å²) in [5, 5.41) is 2.77. The second-order valence-electron chi connectivity index (χ2n) is 6.50. The van der Waals surface area contributed by atoms with Gasteiger partial charge in [0, 0.05) is 23.2 Å². The first-order valence-corrected chi connectivity index (χ1v) is 9.59. The number of nitrogens with one attached hydrogen (secondary N) is 2. The second kappa shape index (κ2) is 7.23.